The summed E-state index contributed by atoms with van der Waals surface area (Å²) in [6.45, 7) is 1.97. The van der Waals surface area contributed by atoms with Crippen LogP contribution in [0.3, 0.4) is 0 Å². The molecule has 140 valence electrons. The van der Waals surface area contributed by atoms with Crippen LogP contribution in [0.2, 0.25) is 0 Å². The van der Waals surface area contributed by atoms with Gasteiger partial charge < -0.3 is 10.6 Å². The third kappa shape index (κ3) is 5.61. The molecule has 0 radical (unpaired) electrons. The molecule has 0 unspecified atom stereocenters. The average molecular weight is 446 g/mol. The lowest BCUT2D eigenvalue weighted by Gasteiger charge is -2.05. The number of thiazole rings is 1. The van der Waals surface area contributed by atoms with Gasteiger partial charge in [0.25, 0.3) is 0 Å². The number of hydrogen-bond acceptors (Lipinski definition) is 4. The van der Waals surface area contributed by atoms with Gasteiger partial charge in [0.2, 0.25) is 11.8 Å². The van der Waals surface area contributed by atoms with Crippen molar-refractivity contribution in [3.63, 3.8) is 0 Å². The van der Waals surface area contributed by atoms with Crippen molar-refractivity contribution in [1.82, 2.24) is 4.98 Å². The van der Waals surface area contributed by atoms with Gasteiger partial charge in [0.15, 0.2) is 5.13 Å². The van der Waals surface area contributed by atoms with Gasteiger partial charge in [-0.05, 0) is 54.8 Å². The highest BCUT2D eigenvalue weighted by molar-refractivity contribution is 9.10. The van der Waals surface area contributed by atoms with Gasteiger partial charge in [0.1, 0.15) is 0 Å². The van der Waals surface area contributed by atoms with Gasteiger partial charge in [0, 0.05) is 23.0 Å². The van der Waals surface area contributed by atoms with Crippen LogP contribution in [0.25, 0.3) is 10.2 Å². The highest BCUT2D eigenvalue weighted by atomic mass is 79.9. The van der Waals surface area contributed by atoms with E-state index >= 15 is 0 Å². The molecule has 0 saturated heterocycles. The summed E-state index contributed by atoms with van der Waals surface area (Å²) in [5.74, 6) is -0.0318. The first-order valence-electron chi connectivity index (χ1n) is 8.78. The molecule has 1 aromatic heterocycles. The number of anilines is 2. The minimum Gasteiger partial charge on any atom is -0.326 e. The molecule has 0 bridgehead atoms. The summed E-state index contributed by atoms with van der Waals surface area (Å²) in [6, 6.07) is 13.5. The van der Waals surface area contributed by atoms with Crippen molar-refractivity contribution in [2.24, 2.45) is 0 Å². The smallest absolute Gasteiger partial charge is 0.226 e. The van der Waals surface area contributed by atoms with Crippen molar-refractivity contribution in [2.45, 2.75) is 32.6 Å². The second-order valence-electron chi connectivity index (χ2n) is 6.17. The fourth-order valence-corrected chi connectivity index (χ4v) is 3.81. The number of nitrogens with zero attached hydrogens (tertiary/aromatic N) is 1. The predicted molar refractivity (Wildman–Crippen MR) is 114 cm³/mol. The van der Waals surface area contributed by atoms with Crippen molar-refractivity contribution in [3.8, 4) is 0 Å². The molecule has 0 atom stereocenters. The van der Waals surface area contributed by atoms with E-state index in [1.807, 2.05) is 49.4 Å². The van der Waals surface area contributed by atoms with Crippen molar-refractivity contribution >= 4 is 60.1 Å². The van der Waals surface area contributed by atoms with Crippen LogP contribution < -0.4 is 10.6 Å². The number of benzene rings is 2. The topological polar surface area (TPSA) is 71.1 Å². The van der Waals surface area contributed by atoms with Gasteiger partial charge in [-0.25, -0.2) is 4.98 Å². The summed E-state index contributed by atoms with van der Waals surface area (Å²) in [5.41, 5.74) is 2.71. The Balaban J connectivity index is 1.59. The predicted octanol–water partition coefficient (Wildman–Crippen LogP) is 5.37. The lowest BCUT2D eigenvalue weighted by molar-refractivity contribution is -0.117. The molecule has 3 rings (SSSR count). The van der Waals surface area contributed by atoms with Crippen LogP contribution >= 0.6 is 27.3 Å². The first-order valence-corrected chi connectivity index (χ1v) is 10.4. The molecular weight excluding hydrogens is 426 g/mol. The number of hydrogen-bond donors (Lipinski definition) is 2. The highest BCUT2D eigenvalue weighted by Crippen LogP contribution is 2.27. The number of halogens is 1. The number of fused-ring (bicyclic) bond motifs is 1. The Bertz CT molecular complexity index is 954. The van der Waals surface area contributed by atoms with Crippen LogP contribution in [-0.4, -0.2) is 16.8 Å². The summed E-state index contributed by atoms with van der Waals surface area (Å²) in [4.78, 5) is 28.3. The Labute approximate surface area is 170 Å². The number of rotatable bonds is 7. The van der Waals surface area contributed by atoms with Gasteiger partial charge >= 0.3 is 0 Å². The van der Waals surface area contributed by atoms with Crippen LogP contribution in [0, 0.1) is 0 Å². The van der Waals surface area contributed by atoms with Crippen molar-refractivity contribution in [2.75, 3.05) is 10.6 Å². The first-order chi connectivity index (χ1) is 13.0. The lowest BCUT2D eigenvalue weighted by Crippen LogP contribution is -2.12. The molecule has 27 heavy (non-hydrogen) atoms. The molecule has 2 N–H and O–H groups in total. The zero-order valence-corrected chi connectivity index (χ0v) is 17.3. The lowest BCUT2D eigenvalue weighted by atomic mass is 10.1. The van der Waals surface area contributed by atoms with Gasteiger partial charge in [-0.1, -0.05) is 40.3 Å². The molecule has 7 heteroatoms. The van der Waals surface area contributed by atoms with Crippen LogP contribution in [-0.2, 0) is 16.0 Å². The quantitative estimate of drug-likeness (QED) is 0.513. The van der Waals surface area contributed by atoms with E-state index in [1.165, 1.54) is 11.3 Å². The molecule has 0 spiro atoms. The summed E-state index contributed by atoms with van der Waals surface area (Å²) in [6.07, 6.45) is 2.35. The number of nitrogens with one attached hydrogen (secondary N) is 2. The molecule has 5 nitrogen and oxygen atoms in total. The molecule has 0 saturated carbocycles. The van der Waals surface area contributed by atoms with E-state index in [4.69, 9.17) is 0 Å². The molecule has 2 amide bonds. The van der Waals surface area contributed by atoms with E-state index in [0.717, 1.165) is 32.4 Å². The van der Waals surface area contributed by atoms with Crippen molar-refractivity contribution in [3.05, 3.63) is 52.5 Å². The van der Waals surface area contributed by atoms with Crippen molar-refractivity contribution < 1.29 is 9.59 Å². The van der Waals surface area contributed by atoms with E-state index in [0.29, 0.717) is 24.4 Å². The van der Waals surface area contributed by atoms with E-state index in [2.05, 4.69) is 31.5 Å². The normalized spacial score (nSPS) is 10.7. The summed E-state index contributed by atoms with van der Waals surface area (Å²) in [5, 5.41) is 6.35. The molecule has 0 fully saturated rings. The Morgan fingerprint density at radius 3 is 2.52 bits per heavy atom. The minimum absolute atomic E-state index is 0.0126. The average Bonchev–Trinajstić information content (AvgIpc) is 3.03. The summed E-state index contributed by atoms with van der Waals surface area (Å²) >= 11 is 4.83. The highest BCUT2D eigenvalue weighted by Gasteiger charge is 2.09. The Morgan fingerprint density at radius 1 is 1.04 bits per heavy atom. The number of aryl methyl sites for hydroxylation is 1. The first kappa shape index (κ1) is 19.5. The Morgan fingerprint density at radius 2 is 1.78 bits per heavy atom. The van der Waals surface area contributed by atoms with E-state index in [1.54, 1.807) is 0 Å². The fourth-order valence-electron chi connectivity index (χ4n) is 2.60. The Hall–Kier alpha value is -2.25. The maximum Gasteiger partial charge on any atom is 0.226 e. The largest absolute Gasteiger partial charge is 0.326 e. The van der Waals surface area contributed by atoms with Gasteiger partial charge in [0.05, 0.1) is 10.2 Å². The zero-order valence-electron chi connectivity index (χ0n) is 14.9. The van der Waals surface area contributed by atoms with Gasteiger partial charge in [-0.3, -0.25) is 9.59 Å². The van der Waals surface area contributed by atoms with Crippen molar-refractivity contribution in [1.29, 1.82) is 0 Å². The number of amides is 2. The number of aromatic nitrogens is 1. The zero-order chi connectivity index (χ0) is 19.2. The standard InChI is InChI=1S/C20H20BrN3O2S/c1-2-3-18(25)24-20-23-16-10-4-13(12-17(16)27-20)5-11-19(26)22-15-8-6-14(21)7-9-15/h4,6-10,12H,2-3,5,11H2,1H3,(H,22,26)(H,23,24,25). The molecule has 2 aromatic carbocycles. The molecular formula is C20H20BrN3O2S. The van der Waals surface area contributed by atoms with E-state index < -0.39 is 0 Å². The minimum atomic E-state index is -0.0192. The second-order valence-corrected chi connectivity index (χ2v) is 8.12. The number of carbonyl (C=O) groups is 2. The monoisotopic (exact) mass is 445 g/mol. The van der Waals surface area contributed by atoms with Crippen LogP contribution in [0.15, 0.2) is 46.9 Å². The number of carbonyl (C=O) groups excluding carboxylic acids is 2. The Kier molecular flexibility index (Phi) is 6.58. The molecule has 3 aromatic rings. The molecule has 0 aliphatic rings. The third-order valence-electron chi connectivity index (χ3n) is 3.94. The van der Waals surface area contributed by atoms with Crippen LogP contribution in [0.1, 0.15) is 31.7 Å². The molecule has 0 aliphatic carbocycles. The fraction of sp³-hybridized carbons (Fsp3) is 0.250. The van der Waals surface area contributed by atoms with E-state index in [9.17, 15) is 9.59 Å². The summed E-state index contributed by atoms with van der Waals surface area (Å²) in [7, 11) is 0. The van der Waals surface area contributed by atoms with Crippen LogP contribution in [0.4, 0.5) is 10.8 Å². The summed E-state index contributed by atoms with van der Waals surface area (Å²) < 4.78 is 1.98. The molecule has 0 aliphatic heterocycles. The maximum atomic E-state index is 12.1. The van der Waals surface area contributed by atoms with E-state index in [-0.39, 0.29) is 11.8 Å². The maximum absolute atomic E-state index is 12.1. The van der Waals surface area contributed by atoms with Gasteiger partial charge in [-0.2, -0.15) is 0 Å². The van der Waals surface area contributed by atoms with Crippen LogP contribution in [0.5, 0.6) is 0 Å². The second kappa shape index (κ2) is 9.10. The van der Waals surface area contributed by atoms with Gasteiger partial charge in [-0.15, -0.1) is 0 Å². The SMILES string of the molecule is CCCC(=O)Nc1nc2ccc(CCC(=O)Nc3ccc(Br)cc3)cc2s1. The molecule has 1 heterocycles. The third-order valence-corrected chi connectivity index (χ3v) is 5.41.